The zero-order valence-electron chi connectivity index (χ0n) is 17.8. The van der Waals surface area contributed by atoms with E-state index in [1.54, 1.807) is 37.7 Å². The van der Waals surface area contributed by atoms with Gasteiger partial charge in [-0.2, -0.15) is 0 Å². The van der Waals surface area contributed by atoms with Gasteiger partial charge >= 0.3 is 0 Å². The first kappa shape index (κ1) is 21.3. The number of primary amides is 1. The third-order valence-corrected chi connectivity index (χ3v) is 5.60. The fourth-order valence-corrected chi connectivity index (χ4v) is 3.88. The van der Waals surface area contributed by atoms with Gasteiger partial charge in [0, 0.05) is 24.7 Å². The van der Waals surface area contributed by atoms with Crippen LogP contribution < -0.4 is 20.7 Å². The lowest BCUT2D eigenvalue weighted by Crippen LogP contribution is -2.41. The van der Waals surface area contributed by atoms with Crippen LogP contribution in [0.1, 0.15) is 23.2 Å². The molecule has 1 aliphatic rings. The Balaban J connectivity index is 1.48. The third-order valence-electron chi connectivity index (χ3n) is 5.60. The number of rotatable bonds is 6. The van der Waals surface area contributed by atoms with Gasteiger partial charge in [-0.25, -0.2) is 9.97 Å². The van der Waals surface area contributed by atoms with Crippen LogP contribution >= 0.6 is 0 Å². The molecule has 8 heteroatoms. The molecule has 0 bridgehead atoms. The first-order valence-corrected chi connectivity index (χ1v) is 10.5. The quantitative estimate of drug-likeness (QED) is 0.621. The van der Waals surface area contributed by atoms with E-state index in [0.29, 0.717) is 17.8 Å². The molecule has 0 unspecified atom stereocenters. The minimum absolute atomic E-state index is 0.132. The van der Waals surface area contributed by atoms with Crippen LogP contribution in [-0.2, 0) is 4.79 Å². The summed E-state index contributed by atoms with van der Waals surface area (Å²) in [7, 11) is 1.63. The van der Waals surface area contributed by atoms with Crippen molar-refractivity contribution in [1.29, 1.82) is 0 Å². The molecule has 164 valence electrons. The summed E-state index contributed by atoms with van der Waals surface area (Å²) in [6, 6.07) is 16.4. The van der Waals surface area contributed by atoms with Crippen molar-refractivity contribution in [2.75, 3.05) is 30.4 Å². The van der Waals surface area contributed by atoms with Gasteiger partial charge in [-0.1, -0.05) is 12.1 Å². The summed E-state index contributed by atoms with van der Waals surface area (Å²) in [5.41, 5.74) is 7.93. The second kappa shape index (κ2) is 9.47. The number of nitrogens with one attached hydrogen (secondary N) is 1. The van der Waals surface area contributed by atoms with Crippen LogP contribution in [0.15, 0.2) is 60.9 Å². The number of benzene rings is 2. The number of anilines is 2. The number of nitrogens with zero attached hydrogens (tertiary/aromatic N) is 3. The van der Waals surface area contributed by atoms with Gasteiger partial charge in [0.05, 0.1) is 30.0 Å². The molecule has 1 fully saturated rings. The Morgan fingerprint density at radius 3 is 2.66 bits per heavy atom. The average Bonchev–Trinajstić information content (AvgIpc) is 2.84. The van der Waals surface area contributed by atoms with Gasteiger partial charge in [-0.15, -0.1) is 0 Å². The molecule has 0 radical (unpaired) electrons. The minimum atomic E-state index is -0.571. The standard InChI is InChI=1S/C24H25N5O3/c1-32-18-10-8-16(9-11-18)21-13-22(27-15-26-21)29-12-4-5-17(14-29)24(31)28-20-7-3-2-6-19(20)23(25)30/h2-3,6-11,13,15,17H,4-5,12,14H2,1H3,(H2,25,30)(H,28,31)/t17-/m0/s1. The Hall–Kier alpha value is -3.94. The van der Waals surface area contributed by atoms with Crippen molar-refractivity contribution < 1.29 is 14.3 Å². The highest BCUT2D eigenvalue weighted by atomic mass is 16.5. The van der Waals surface area contributed by atoms with Crippen molar-refractivity contribution in [2.24, 2.45) is 11.7 Å². The molecule has 0 spiro atoms. The van der Waals surface area contributed by atoms with E-state index in [1.807, 2.05) is 30.3 Å². The number of para-hydroxylation sites is 1. The second-order valence-corrected chi connectivity index (χ2v) is 7.67. The summed E-state index contributed by atoms with van der Waals surface area (Å²) in [5, 5.41) is 2.87. The maximum absolute atomic E-state index is 12.9. The molecule has 0 aliphatic carbocycles. The fraction of sp³-hybridized carbons (Fsp3) is 0.250. The van der Waals surface area contributed by atoms with Crippen molar-refractivity contribution >= 4 is 23.3 Å². The number of amides is 2. The highest BCUT2D eigenvalue weighted by molar-refractivity contribution is 6.03. The lowest BCUT2D eigenvalue weighted by Gasteiger charge is -2.33. The number of hydrogen-bond donors (Lipinski definition) is 2. The molecule has 1 atom stereocenters. The predicted molar refractivity (Wildman–Crippen MR) is 123 cm³/mol. The molecule has 4 rings (SSSR count). The van der Waals surface area contributed by atoms with Crippen LogP contribution in [0.2, 0.25) is 0 Å². The number of carbonyl (C=O) groups excluding carboxylic acids is 2. The first-order valence-electron chi connectivity index (χ1n) is 10.5. The summed E-state index contributed by atoms with van der Waals surface area (Å²) in [6.45, 7) is 1.34. The molecule has 3 N–H and O–H groups in total. The largest absolute Gasteiger partial charge is 0.497 e. The van der Waals surface area contributed by atoms with Crippen molar-refractivity contribution in [1.82, 2.24) is 9.97 Å². The number of methoxy groups -OCH3 is 1. The fourth-order valence-electron chi connectivity index (χ4n) is 3.88. The Morgan fingerprint density at radius 1 is 1.12 bits per heavy atom. The van der Waals surface area contributed by atoms with E-state index in [-0.39, 0.29) is 11.8 Å². The summed E-state index contributed by atoms with van der Waals surface area (Å²) in [5.74, 6) is 0.627. The summed E-state index contributed by atoms with van der Waals surface area (Å²) < 4.78 is 5.22. The molecule has 0 saturated carbocycles. The Bertz CT molecular complexity index is 1120. The Morgan fingerprint density at radius 2 is 1.91 bits per heavy atom. The van der Waals surface area contributed by atoms with Gasteiger partial charge in [-0.3, -0.25) is 9.59 Å². The normalized spacial score (nSPS) is 15.8. The van der Waals surface area contributed by atoms with E-state index >= 15 is 0 Å². The lowest BCUT2D eigenvalue weighted by atomic mass is 9.96. The number of hydrogen-bond acceptors (Lipinski definition) is 6. The van der Waals surface area contributed by atoms with E-state index in [4.69, 9.17) is 10.5 Å². The van der Waals surface area contributed by atoms with Crippen LogP contribution in [0.4, 0.5) is 11.5 Å². The smallest absolute Gasteiger partial charge is 0.250 e. The maximum Gasteiger partial charge on any atom is 0.250 e. The summed E-state index contributed by atoms with van der Waals surface area (Å²) in [4.78, 5) is 35.5. The molecule has 32 heavy (non-hydrogen) atoms. The van der Waals surface area contributed by atoms with E-state index in [2.05, 4.69) is 20.2 Å². The molecule has 2 amide bonds. The van der Waals surface area contributed by atoms with Crippen molar-refractivity contribution in [3.63, 3.8) is 0 Å². The number of piperidine rings is 1. The third kappa shape index (κ3) is 4.69. The SMILES string of the molecule is COc1ccc(-c2cc(N3CCC[C@H](C(=O)Nc4ccccc4C(N)=O)C3)ncn2)cc1. The number of carbonyl (C=O) groups is 2. The molecule has 1 saturated heterocycles. The molecule has 1 aliphatic heterocycles. The molecule has 8 nitrogen and oxygen atoms in total. The van der Waals surface area contributed by atoms with Crippen molar-refractivity contribution in [3.05, 3.63) is 66.5 Å². The molecular weight excluding hydrogens is 406 g/mol. The van der Waals surface area contributed by atoms with Crippen LogP contribution in [-0.4, -0.2) is 42.0 Å². The zero-order valence-corrected chi connectivity index (χ0v) is 17.8. The van der Waals surface area contributed by atoms with E-state index in [0.717, 1.165) is 42.2 Å². The summed E-state index contributed by atoms with van der Waals surface area (Å²) in [6.07, 6.45) is 3.16. The predicted octanol–water partition coefficient (Wildman–Crippen LogP) is 3.11. The van der Waals surface area contributed by atoms with Crippen molar-refractivity contribution in [2.45, 2.75) is 12.8 Å². The lowest BCUT2D eigenvalue weighted by molar-refractivity contribution is -0.120. The van der Waals surface area contributed by atoms with E-state index in [1.165, 1.54) is 0 Å². The monoisotopic (exact) mass is 431 g/mol. The maximum atomic E-state index is 12.9. The van der Waals surface area contributed by atoms with Crippen LogP contribution in [0, 0.1) is 5.92 Å². The van der Waals surface area contributed by atoms with Crippen LogP contribution in [0.25, 0.3) is 11.3 Å². The topological polar surface area (TPSA) is 110 Å². The highest BCUT2D eigenvalue weighted by Gasteiger charge is 2.27. The zero-order chi connectivity index (χ0) is 22.5. The summed E-state index contributed by atoms with van der Waals surface area (Å²) >= 11 is 0. The highest BCUT2D eigenvalue weighted by Crippen LogP contribution is 2.27. The number of ether oxygens (including phenoxy) is 1. The van der Waals surface area contributed by atoms with E-state index < -0.39 is 5.91 Å². The molecule has 1 aromatic heterocycles. The number of nitrogens with two attached hydrogens (primary N) is 1. The minimum Gasteiger partial charge on any atom is -0.497 e. The van der Waals surface area contributed by atoms with Gasteiger partial charge in [0.2, 0.25) is 5.91 Å². The first-order chi connectivity index (χ1) is 15.5. The molecule has 2 heterocycles. The van der Waals surface area contributed by atoms with E-state index in [9.17, 15) is 9.59 Å². The van der Waals surface area contributed by atoms with Gasteiger partial charge in [0.25, 0.3) is 5.91 Å². The number of aromatic nitrogens is 2. The van der Waals surface area contributed by atoms with Gasteiger partial charge in [0.15, 0.2) is 0 Å². The van der Waals surface area contributed by atoms with Crippen molar-refractivity contribution in [3.8, 4) is 17.0 Å². The molecule has 2 aromatic carbocycles. The van der Waals surface area contributed by atoms with Gasteiger partial charge < -0.3 is 20.7 Å². The van der Waals surface area contributed by atoms with Gasteiger partial charge in [-0.05, 0) is 49.2 Å². The van der Waals surface area contributed by atoms with Crippen LogP contribution in [0.5, 0.6) is 5.75 Å². The Labute approximate surface area is 186 Å². The van der Waals surface area contributed by atoms with Gasteiger partial charge in [0.1, 0.15) is 17.9 Å². The average molecular weight is 431 g/mol. The Kier molecular flexibility index (Phi) is 6.30. The molecule has 3 aromatic rings. The van der Waals surface area contributed by atoms with Crippen LogP contribution in [0.3, 0.4) is 0 Å². The molecular formula is C24H25N5O3. The second-order valence-electron chi connectivity index (χ2n) is 7.67.